The Kier molecular flexibility index (Phi) is 6.97. The van der Waals surface area contributed by atoms with Crippen LogP contribution in [0.3, 0.4) is 0 Å². The van der Waals surface area contributed by atoms with Crippen LogP contribution in [0, 0.1) is 20.2 Å². The number of carbonyl (C=O) groups excluding carboxylic acids is 2. The van der Waals surface area contributed by atoms with Crippen molar-refractivity contribution >= 4 is 23.2 Å². The number of benzene rings is 1. The molecule has 0 unspecified atom stereocenters. The zero-order valence-electron chi connectivity index (χ0n) is 15.2. The fraction of sp³-hybridized carbons (Fsp3) is 0.375. The molecule has 0 aliphatic rings. The second-order valence-electron chi connectivity index (χ2n) is 6.76. The van der Waals surface area contributed by atoms with Gasteiger partial charge in [0, 0.05) is 22.9 Å². The molecule has 11 nitrogen and oxygen atoms in total. The summed E-state index contributed by atoms with van der Waals surface area (Å²) < 4.78 is 0. The van der Waals surface area contributed by atoms with Crippen molar-refractivity contribution in [2.75, 3.05) is 0 Å². The molecule has 0 radical (unpaired) electrons. The highest BCUT2D eigenvalue weighted by Crippen LogP contribution is 2.24. The molecule has 0 aliphatic carbocycles. The van der Waals surface area contributed by atoms with Gasteiger partial charge < -0.3 is 10.7 Å². The number of rotatable bonds is 8. The van der Waals surface area contributed by atoms with Gasteiger partial charge in [-0.05, 0) is 26.8 Å². The summed E-state index contributed by atoms with van der Waals surface area (Å²) in [6.45, 7) is 9.07. The second-order valence-corrected chi connectivity index (χ2v) is 6.76. The number of non-ortho nitro benzene ring substituents is 1. The van der Waals surface area contributed by atoms with E-state index in [0.29, 0.717) is 0 Å². The molecule has 146 valence electrons. The van der Waals surface area contributed by atoms with E-state index in [4.69, 9.17) is 0 Å². The number of nitrogens with one attached hydrogen (secondary N) is 3. The lowest BCUT2D eigenvalue weighted by molar-refractivity contribution is -0.394. The van der Waals surface area contributed by atoms with E-state index in [1.54, 1.807) is 0 Å². The van der Waals surface area contributed by atoms with Gasteiger partial charge in [-0.25, -0.2) is 0 Å². The summed E-state index contributed by atoms with van der Waals surface area (Å²) in [5.74, 6) is -0.926. The minimum Gasteiger partial charge on any atom is -0.351 e. The summed E-state index contributed by atoms with van der Waals surface area (Å²) in [6, 6.07) is 3.03. The minimum atomic E-state index is -0.793. The van der Waals surface area contributed by atoms with Crippen LogP contribution in [0.25, 0.3) is 0 Å². The van der Waals surface area contributed by atoms with Crippen molar-refractivity contribution in [2.24, 2.45) is 0 Å². The number of amides is 2. The highest BCUT2D eigenvalue weighted by molar-refractivity contribution is 5.81. The number of hydrogen-bond donors (Lipinski definition) is 3. The molecule has 1 aromatic carbocycles. The summed E-state index contributed by atoms with van der Waals surface area (Å²) in [7, 11) is 0. The van der Waals surface area contributed by atoms with Crippen molar-refractivity contribution in [1.82, 2.24) is 16.2 Å². The van der Waals surface area contributed by atoms with Gasteiger partial charge in [-0.3, -0.25) is 35.2 Å². The summed E-state index contributed by atoms with van der Waals surface area (Å²) in [4.78, 5) is 43.9. The van der Waals surface area contributed by atoms with Gasteiger partial charge in [-0.2, -0.15) is 0 Å². The van der Waals surface area contributed by atoms with Gasteiger partial charge in [-0.1, -0.05) is 6.58 Å². The molecule has 0 bridgehead atoms. The van der Waals surface area contributed by atoms with E-state index in [0.717, 1.165) is 18.2 Å². The zero-order valence-corrected chi connectivity index (χ0v) is 15.2. The molecule has 0 heterocycles. The minimum absolute atomic E-state index is 0.0148. The monoisotopic (exact) mass is 379 g/mol. The normalized spacial score (nSPS) is 10.6. The highest BCUT2D eigenvalue weighted by Gasteiger charge is 2.21. The van der Waals surface area contributed by atoms with Gasteiger partial charge in [0.25, 0.3) is 11.4 Å². The Morgan fingerprint density at radius 1 is 1.07 bits per heavy atom. The van der Waals surface area contributed by atoms with E-state index in [2.05, 4.69) is 22.7 Å². The van der Waals surface area contributed by atoms with Crippen molar-refractivity contribution in [2.45, 2.75) is 39.2 Å². The average Bonchev–Trinajstić information content (AvgIpc) is 2.50. The third-order valence-corrected chi connectivity index (χ3v) is 3.09. The van der Waals surface area contributed by atoms with Gasteiger partial charge in [0.1, 0.15) is 0 Å². The van der Waals surface area contributed by atoms with Crippen LogP contribution in [0.2, 0.25) is 0 Å². The topological polar surface area (TPSA) is 157 Å². The van der Waals surface area contributed by atoms with Crippen molar-refractivity contribution in [3.05, 3.63) is 56.3 Å². The SMILES string of the molecule is C=C(CC(=O)NC(C)(C)C)NNC(=O)Cc1ccc([N+](=O)[O-])cc1[N+](=O)[O-]. The Hall–Kier alpha value is -3.50. The number of nitro groups is 2. The maximum atomic E-state index is 12.0. The van der Waals surface area contributed by atoms with Crippen molar-refractivity contribution < 1.29 is 19.4 Å². The molecule has 0 spiro atoms. The molecule has 1 rings (SSSR count). The van der Waals surface area contributed by atoms with Crippen LogP contribution in [0.4, 0.5) is 11.4 Å². The van der Waals surface area contributed by atoms with E-state index in [1.165, 1.54) is 0 Å². The fourth-order valence-corrected chi connectivity index (χ4v) is 2.06. The van der Waals surface area contributed by atoms with E-state index < -0.39 is 32.7 Å². The molecule has 0 aromatic heterocycles. The van der Waals surface area contributed by atoms with Crippen LogP contribution in [0.15, 0.2) is 30.5 Å². The molecule has 2 amide bonds. The average molecular weight is 379 g/mol. The molecule has 0 saturated heterocycles. The van der Waals surface area contributed by atoms with Crippen LogP contribution in [-0.2, 0) is 16.0 Å². The molecule has 3 N–H and O–H groups in total. The van der Waals surface area contributed by atoms with Gasteiger partial charge in [0.15, 0.2) is 0 Å². The van der Waals surface area contributed by atoms with Crippen LogP contribution >= 0.6 is 0 Å². The summed E-state index contributed by atoms with van der Waals surface area (Å²) in [6.07, 6.45) is -0.460. The standard InChI is InChI=1S/C16H21N5O6/c1-10(7-14(22)17-16(2,3)4)18-19-15(23)8-11-5-6-12(20(24)25)9-13(11)21(26)27/h5-6,9,18H,1,7-8H2,2-4H3,(H,17,22)(H,19,23). The Balaban J connectivity index is 2.65. The molecule has 0 fully saturated rings. The van der Waals surface area contributed by atoms with Crippen LogP contribution in [-0.4, -0.2) is 27.2 Å². The molecule has 0 atom stereocenters. The molecular formula is C16H21N5O6. The third kappa shape index (κ3) is 7.50. The van der Waals surface area contributed by atoms with Crippen molar-refractivity contribution in [3.8, 4) is 0 Å². The Bertz CT molecular complexity index is 784. The van der Waals surface area contributed by atoms with Crippen LogP contribution < -0.4 is 16.2 Å². The van der Waals surface area contributed by atoms with E-state index in [9.17, 15) is 29.8 Å². The first kappa shape index (κ1) is 21.5. The fourth-order valence-electron chi connectivity index (χ4n) is 2.06. The Morgan fingerprint density at radius 2 is 1.70 bits per heavy atom. The predicted molar refractivity (Wildman–Crippen MR) is 96.4 cm³/mol. The number of nitro benzene ring substituents is 2. The highest BCUT2D eigenvalue weighted by atomic mass is 16.6. The first-order valence-corrected chi connectivity index (χ1v) is 7.84. The molecular weight excluding hydrogens is 358 g/mol. The quantitative estimate of drug-likeness (QED) is 0.456. The lowest BCUT2D eigenvalue weighted by Crippen LogP contribution is -2.43. The third-order valence-electron chi connectivity index (χ3n) is 3.09. The number of hydrazine groups is 1. The van der Waals surface area contributed by atoms with E-state index in [1.807, 2.05) is 20.8 Å². The lowest BCUT2D eigenvalue weighted by Gasteiger charge is -2.21. The lowest BCUT2D eigenvalue weighted by atomic mass is 10.1. The van der Waals surface area contributed by atoms with Crippen LogP contribution in [0.5, 0.6) is 0 Å². The predicted octanol–water partition coefficient (Wildman–Crippen LogP) is 1.48. The summed E-state index contributed by atoms with van der Waals surface area (Å²) >= 11 is 0. The van der Waals surface area contributed by atoms with Crippen molar-refractivity contribution in [3.63, 3.8) is 0 Å². The molecule has 1 aromatic rings. The molecule has 11 heteroatoms. The Labute approximate surface area is 155 Å². The smallest absolute Gasteiger partial charge is 0.279 e. The van der Waals surface area contributed by atoms with Crippen LogP contribution in [0.1, 0.15) is 32.8 Å². The zero-order chi connectivity index (χ0) is 20.8. The van der Waals surface area contributed by atoms with Crippen molar-refractivity contribution in [1.29, 1.82) is 0 Å². The summed E-state index contributed by atoms with van der Waals surface area (Å²) in [5, 5.41) is 24.5. The summed E-state index contributed by atoms with van der Waals surface area (Å²) in [5.41, 5.74) is 3.61. The van der Waals surface area contributed by atoms with E-state index >= 15 is 0 Å². The number of hydrogen-bond acceptors (Lipinski definition) is 7. The molecule has 0 saturated carbocycles. The number of carbonyl (C=O) groups is 2. The van der Waals surface area contributed by atoms with Gasteiger partial charge >= 0.3 is 0 Å². The molecule has 0 aliphatic heterocycles. The maximum Gasteiger partial charge on any atom is 0.279 e. The first-order valence-electron chi connectivity index (χ1n) is 7.84. The number of nitrogens with zero attached hydrogens (tertiary/aromatic N) is 2. The van der Waals surface area contributed by atoms with E-state index in [-0.39, 0.29) is 30.0 Å². The Morgan fingerprint density at radius 3 is 2.22 bits per heavy atom. The molecule has 27 heavy (non-hydrogen) atoms. The maximum absolute atomic E-state index is 12.0. The second kappa shape index (κ2) is 8.74. The van der Waals surface area contributed by atoms with Gasteiger partial charge in [0.05, 0.1) is 28.8 Å². The first-order chi connectivity index (χ1) is 12.4. The van der Waals surface area contributed by atoms with Gasteiger partial charge in [-0.15, -0.1) is 0 Å². The largest absolute Gasteiger partial charge is 0.351 e. The van der Waals surface area contributed by atoms with Gasteiger partial charge in [0.2, 0.25) is 11.8 Å².